The summed E-state index contributed by atoms with van der Waals surface area (Å²) in [6.45, 7) is 2.81. The molecule has 0 spiro atoms. The number of benzene rings is 1. The van der Waals surface area contributed by atoms with Crippen LogP contribution in [0.5, 0.6) is 0 Å². The lowest BCUT2D eigenvalue weighted by Crippen LogP contribution is -2.29. The molecule has 1 aromatic carbocycles. The van der Waals surface area contributed by atoms with E-state index in [1.165, 1.54) is 0 Å². The number of nitrogen functional groups attached to an aromatic ring is 1. The van der Waals surface area contributed by atoms with Crippen molar-refractivity contribution >= 4 is 11.4 Å². The molecule has 20 heavy (non-hydrogen) atoms. The molecule has 2 aromatic rings. The third-order valence-electron chi connectivity index (χ3n) is 3.09. The molecule has 0 amide bonds. The summed E-state index contributed by atoms with van der Waals surface area (Å²) in [5.41, 5.74) is 8.18. The fraction of sp³-hybridized carbons (Fsp3) is 0.333. The van der Waals surface area contributed by atoms with Crippen molar-refractivity contribution in [2.45, 2.75) is 6.92 Å². The molecular formula is C15H20N2O3. The summed E-state index contributed by atoms with van der Waals surface area (Å²) in [6, 6.07) is 9.34. The van der Waals surface area contributed by atoms with Gasteiger partial charge in [0, 0.05) is 30.4 Å². The number of anilines is 2. The van der Waals surface area contributed by atoms with Crippen molar-refractivity contribution in [3.8, 4) is 11.3 Å². The van der Waals surface area contributed by atoms with Crippen molar-refractivity contribution in [1.82, 2.24) is 0 Å². The average Bonchev–Trinajstić information content (AvgIpc) is 2.81. The second-order valence-corrected chi connectivity index (χ2v) is 4.63. The lowest BCUT2D eigenvalue weighted by Gasteiger charge is -2.22. The van der Waals surface area contributed by atoms with Crippen LogP contribution in [-0.4, -0.2) is 36.5 Å². The molecule has 5 heteroatoms. The number of aliphatic hydroxyl groups excluding tert-OH is 2. The highest BCUT2D eigenvalue weighted by Gasteiger charge is 2.17. The number of aryl methyl sites for hydroxylation is 1. The summed E-state index contributed by atoms with van der Waals surface area (Å²) in [5.74, 6) is 1.51. The lowest BCUT2D eigenvalue weighted by molar-refractivity contribution is 0.281. The Kier molecular flexibility index (Phi) is 4.65. The Hall–Kier alpha value is -1.98. The van der Waals surface area contributed by atoms with E-state index in [-0.39, 0.29) is 13.2 Å². The zero-order valence-corrected chi connectivity index (χ0v) is 11.5. The standard InChI is InChI=1S/C15H20N2O3/c1-11-10-14(17(6-8-18)7-9-19)15(20-11)12-2-4-13(16)5-3-12/h2-5,10,18-19H,6-9,16H2,1H3. The zero-order valence-electron chi connectivity index (χ0n) is 11.5. The second kappa shape index (κ2) is 6.45. The van der Waals surface area contributed by atoms with Crippen molar-refractivity contribution in [2.75, 3.05) is 36.9 Å². The van der Waals surface area contributed by atoms with Gasteiger partial charge in [0.15, 0.2) is 5.76 Å². The van der Waals surface area contributed by atoms with Gasteiger partial charge in [-0.05, 0) is 31.2 Å². The minimum Gasteiger partial charge on any atom is -0.459 e. The molecule has 2 rings (SSSR count). The molecule has 4 N–H and O–H groups in total. The van der Waals surface area contributed by atoms with E-state index < -0.39 is 0 Å². The van der Waals surface area contributed by atoms with Crippen LogP contribution in [0.3, 0.4) is 0 Å². The van der Waals surface area contributed by atoms with Gasteiger partial charge in [-0.2, -0.15) is 0 Å². The summed E-state index contributed by atoms with van der Waals surface area (Å²) in [4.78, 5) is 1.90. The highest BCUT2D eigenvalue weighted by molar-refractivity contribution is 5.75. The SMILES string of the molecule is Cc1cc(N(CCO)CCO)c(-c2ccc(N)cc2)o1. The monoisotopic (exact) mass is 276 g/mol. The number of nitrogens with zero attached hydrogens (tertiary/aromatic N) is 1. The first-order valence-electron chi connectivity index (χ1n) is 6.58. The molecule has 0 atom stereocenters. The van der Waals surface area contributed by atoms with Crippen LogP contribution in [0.4, 0.5) is 11.4 Å². The smallest absolute Gasteiger partial charge is 0.157 e. The van der Waals surface area contributed by atoms with Gasteiger partial charge in [-0.25, -0.2) is 0 Å². The van der Waals surface area contributed by atoms with Gasteiger partial charge >= 0.3 is 0 Å². The number of furan rings is 1. The second-order valence-electron chi connectivity index (χ2n) is 4.63. The van der Waals surface area contributed by atoms with E-state index in [0.29, 0.717) is 18.8 Å². The molecule has 1 heterocycles. The van der Waals surface area contributed by atoms with Gasteiger partial charge < -0.3 is 25.3 Å². The summed E-state index contributed by atoms with van der Waals surface area (Å²) in [7, 11) is 0. The molecule has 0 radical (unpaired) electrons. The van der Waals surface area contributed by atoms with E-state index in [0.717, 1.165) is 22.8 Å². The fourth-order valence-corrected chi connectivity index (χ4v) is 2.17. The Balaban J connectivity index is 2.40. The average molecular weight is 276 g/mol. The third kappa shape index (κ3) is 3.12. The highest BCUT2D eigenvalue weighted by atomic mass is 16.3. The largest absolute Gasteiger partial charge is 0.459 e. The van der Waals surface area contributed by atoms with E-state index in [2.05, 4.69) is 0 Å². The van der Waals surface area contributed by atoms with Crippen LogP contribution in [0.2, 0.25) is 0 Å². The maximum atomic E-state index is 9.16. The van der Waals surface area contributed by atoms with Crippen molar-refractivity contribution < 1.29 is 14.6 Å². The quantitative estimate of drug-likeness (QED) is 0.698. The van der Waals surface area contributed by atoms with Gasteiger partial charge in [-0.3, -0.25) is 0 Å². The molecule has 0 fully saturated rings. The number of hydrogen-bond acceptors (Lipinski definition) is 5. The maximum Gasteiger partial charge on any atom is 0.157 e. The fourth-order valence-electron chi connectivity index (χ4n) is 2.17. The Labute approximate surface area is 118 Å². The Morgan fingerprint density at radius 1 is 1.10 bits per heavy atom. The highest BCUT2D eigenvalue weighted by Crippen LogP contribution is 2.34. The minimum atomic E-state index is 0.0193. The first-order chi connectivity index (χ1) is 9.65. The van der Waals surface area contributed by atoms with E-state index in [1.807, 2.05) is 42.2 Å². The summed E-state index contributed by atoms with van der Waals surface area (Å²) >= 11 is 0. The van der Waals surface area contributed by atoms with Crippen molar-refractivity contribution in [3.63, 3.8) is 0 Å². The predicted molar refractivity (Wildman–Crippen MR) is 79.7 cm³/mol. The third-order valence-corrected chi connectivity index (χ3v) is 3.09. The zero-order chi connectivity index (χ0) is 14.5. The summed E-state index contributed by atoms with van der Waals surface area (Å²) in [6.07, 6.45) is 0. The predicted octanol–water partition coefficient (Wildman–Crippen LogP) is 1.63. The Bertz CT molecular complexity index is 543. The number of aliphatic hydroxyl groups is 2. The molecule has 0 aliphatic rings. The van der Waals surface area contributed by atoms with Crippen molar-refractivity contribution in [1.29, 1.82) is 0 Å². The van der Waals surface area contributed by atoms with Gasteiger partial charge in [0.2, 0.25) is 0 Å². The van der Waals surface area contributed by atoms with Crippen LogP contribution >= 0.6 is 0 Å². The minimum absolute atomic E-state index is 0.0193. The molecule has 0 saturated carbocycles. The van der Waals surface area contributed by atoms with Crippen LogP contribution < -0.4 is 10.6 Å². The van der Waals surface area contributed by atoms with Gasteiger partial charge in [0.25, 0.3) is 0 Å². The number of rotatable bonds is 6. The first-order valence-corrected chi connectivity index (χ1v) is 6.58. The molecule has 5 nitrogen and oxygen atoms in total. The Morgan fingerprint density at radius 3 is 2.25 bits per heavy atom. The molecule has 108 valence electrons. The van der Waals surface area contributed by atoms with Crippen molar-refractivity contribution in [2.24, 2.45) is 0 Å². The Morgan fingerprint density at radius 2 is 1.70 bits per heavy atom. The van der Waals surface area contributed by atoms with Crippen LogP contribution in [0.15, 0.2) is 34.7 Å². The van der Waals surface area contributed by atoms with E-state index in [1.54, 1.807) is 0 Å². The van der Waals surface area contributed by atoms with Gasteiger partial charge in [-0.15, -0.1) is 0 Å². The van der Waals surface area contributed by atoms with Crippen molar-refractivity contribution in [3.05, 3.63) is 36.1 Å². The van der Waals surface area contributed by atoms with Crippen LogP contribution in [0.25, 0.3) is 11.3 Å². The normalized spacial score (nSPS) is 10.8. The molecular weight excluding hydrogens is 256 g/mol. The molecule has 1 aromatic heterocycles. The maximum absolute atomic E-state index is 9.16. The van der Waals surface area contributed by atoms with E-state index in [4.69, 9.17) is 20.4 Å². The summed E-state index contributed by atoms with van der Waals surface area (Å²) < 4.78 is 5.77. The van der Waals surface area contributed by atoms with Crippen LogP contribution in [0, 0.1) is 6.92 Å². The topological polar surface area (TPSA) is 82.9 Å². The molecule has 0 aliphatic carbocycles. The number of nitrogens with two attached hydrogens (primary N) is 1. The van der Waals surface area contributed by atoms with Crippen LogP contribution in [-0.2, 0) is 0 Å². The van der Waals surface area contributed by atoms with Crippen LogP contribution in [0.1, 0.15) is 5.76 Å². The van der Waals surface area contributed by atoms with E-state index >= 15 is 0 Å². The molecule has 0 saturated heterocycles. The van der Waals surface area contributed by atoms with Gasteiger partial charge in [0.1, 0.15) is 5.76 Å². The first kappa shape index (κ1) is 14.4. The summed E-state index contributed by atoms with van der Waals surface area (Å²) in [5, 5.41) is 18.3. The van der Waals surface area contributed by atoms with Gasteiger partial charge in [0.05, 0.1) is 18.9 Å². The number of hydrogen-bond donors (Lipinski definition) is 3. The molecule has 0 unspecified atom stereocenters. The molecule has 0 bridgehead atoms. The van der Waals surface area contributed by atoms with E-state index in [9.17, 15) is 0 Å². The molecule has 0 aliphatic heterocycles. The lowest BCUT2D eigenvalue weighted by atomic mass is 10.1. The van der Waals surface area contributed by atoms with Gasteiger partial charge in [-0.1, -0.05) is 0 Å².